The highest BCUT2D eigenvalue weighted by molar-refractivity contribution is 5.83. The van der Waals surface area contributed by atoms with E-state index < -0.39 is 5.41 Å². The standard InChI is InChI=1S/C20H32N2O4/c1-5-20(2,3)19(24)22-17(16-9-7-6-8-10-16)15-18(23)21-11-12-26-14-13-25-4/h6-10,17H,5,11-15H2,1-4H3,(H,21,23)(H,22,24)/t17-/m0/s1. The number of carbonyl (C=O) groups excluding carboxylic acids is 2. The second kappa shape index (κ2) is 11.6. The number of hydrogen-bond acceptors (Lipinski definition) is 4. The smallest absolute Gasteiger partial charge is 0.226 e. The summed E-state index contributed by atoms with van der Waals surface area (Å²) in [6.45, 7) is 7.68. The van der Waals surface area contributed by atoms with Crippen LogP contribution >= 0.6 is 0 Å². The number of nitrogens with one attached hydrogen (secondary N) is 2. The van der Waals surface area contributed by atoms with Gasteiger partial charge in [0, 0.05) is 19.1 Å². The summed E-state index contributed by atoms with van der Waals surface area (Å²) in [6.07, 6.45) is 0.916. The van der Waals surface area contributed by atoms with Crippen molar-refractivity contribution < 1.29 is 19.1 Å². The van der Waals surface area contributed by atoms with Crippen molar-refractivity contribution in [2.45, 2.75) is 39.7 Å². The highest BCUT2D eigenvalue weighted by Crippen LogP contribution is 2.23. The van der Waals surface area contributed by atoms with E-state index in [0.29, 0.717) is 26.4 Å². The van der Waals surface area contributed by atoms with E-state index in [4.69, 9.17) is 9.47 Å². The fourth-order valence-corrected chi connectivity index (χ4v) is 2.22. The van der Waals surface area contributed by atoms with E-state index in [-0.39, 0.29) is 24.3 Å². The molecular weight excluding hydrogens is 332 g/mol. The summed E-state index contributed by atoms with van der Waals surface area (Å²) in [5, 5.41) is 5.86. The normalized spacial score (nSPS) is 12.5. The van der Waals surface area contributed by atoms with Crippen LogP contribution in [0.4, 0.5) is 0 Å². The van der Waals surface area contributed by atoms with Gasteiger partial charge in [-0.05, 0) is 12.0 Å². The predicted octanol–water partition coefficient (Wildman–Crippen LogP) is 2.45. The summed E-state index contributed by atoms with van der Waals surface area (Å²) in [7, 11) is 1.61. The molecule has 2 N–H and O–H groups in total. The molecule has 2 amide bonds. The molecule has 0 unspecified atom stereocenters. The highest BCUT2D eigenvalue weighted by Gasteiger charge is 2.28. The van der Waals surface area contributed by atoms with E-state index in [1.165, 1.54) is 0 Å². The Hall–Kier alpha value is -1.92. The molecule has 0 aliphatic rings. The van der Waals surface area contributed by atoms with Crippen molar-refractivity contribution in [2.24, 2.45) is 5.41 Å². The van der Waals surface area contributed by atoms with Gasteiger partial charge in [-0.3, -0.25) is 9.59 Å². The summed E-state index contributed by atoms with van der Waals surface area (Å²) in [5.74, 6) is -0.173. The summed E-state index contributed by atoms with van der Waals surface area (Å²) in [5.41, 5.74) is 0.442. The molecule has 6 heteroatoms. The molecule has 0 radical (unpaired) electrons. The Kier molecular flexibility index (Phi) is 9.91. The number of hydrogen-bond donors (Lipinski definition) is 2. The van der Waals surface area contributed by atoms with Crippen molar-refractivity contribution >= 4 is 11.8 Å². The molecule has 1 rings (SSSR count). The fraction of sp³-hybridized carbons (Fsp3) is 0.600. The number of amides is 2. The second-order valence-corrected chi connectivity index (χ2v) is 6.83. The van der Waals surface area contributed by atoms with Gasteiger partial charge < -0.3 is 20.1 Å². The molecule has 0 aliphatic heterocycles. The molecule has 26 heavy (non-hydrogen) atoms. The quantitative estimate of drug-likeness (QED) is 0.559. The van der Waals surface area contributed by atoms with Crippen LogP contribution in [-0.2, 0) is 19.1 Å². The first-order valence-corrected chi connectivity index (χ1v) is 9.10. The van der Waals surface area contributed by atoms with Crippen molar-refractivity contribution in [2.75, 3.05) is 33.5 Å². The number of carbonyl (C=O) groups is 2. The maximum Gasteiger partial charge on any atom is 0.226 e. The minimum absolute atomic E-state index is 0.0513. The number of benzene rings is 1. The third-order valence-corrected chi connectivity index (χ3v) is 4.40. The Balaban J connectivity index is 2.60. The Morgan fingerprint density at radius 3 is 2.42 bits per heavy atom. The zero-order valence-electron chi connectivity index (χ0n) is 16.3. The molecule has 1 atom stereocenters. The molecule has 1 aromatic rings. The third kappa shape index (κ3) is 7.97. The van der Waals surface area contributed by atoms with Crippen molar-refractivity contribution in [3.63, 3.8) is 0 Å². The molecule has 146 valence electrons. The van der Waals surface area contributed by atoms with E-state index >= 15 is 0 Å². The fourth-order valence-electron chi connectivity index (χ4n) is 2.22. The molecule has 0 heterocycles. The summed E-state index contributed by atoms with van der Waals surface area (Å²) >= 11 is 0. The van der Waals surface area contributed by atoms with Crippen LogP contribution in [0.5, 0.6) is 0 Å². The van der Waals surface area contributed by atoms with Crippen molar-refractivity contribution in [3.05, 3.63) is 35.9 Å². The molecule has 0 fully saturated rings. The lowest BCUT2D eigenvalue weighted by Crippen LogP contribution is -2.41. The zero-order chi connectivity index (χ0) is 19.4. The van der Waals surface area contributed by atoms with Crippen molar-refractivity contribution in [1.29, 1.82) is 0 Å². The Bertz CT molecular complexity index is 546. The number of methoxy groups -OCH3 is 1. The molecular formula is C20H32N2O4. The van der Waals surface area contributed by atoms with Gasteiger partial charge >= 0.3 is 0 Å². The van der Waals surface area contributed by atoms with Crippen LogP contribution in [0.25, 0.3) is 0 Å². The average Bonchev–Trinajstić information content (AvgIpc) is 2.64. The molecule has 0 aromatic heterocycles. The lowest BCUT2D eigenvalue weighted by Gasteiger charge is -2.26. The van der Waals surface area contributed by atoms with Crippen LogP contribution in [0.3, 0.4) is 0 Å². The second-order valence-electron chi connectivity index (χ2n) is 6.83. The van der Waals surface area contributed by atoms with Gasteiger partial charge in [-0.15, -0.1) is 0 Å². The molecule has 0 saturated heterocycles. The first-order valence-electron chi connectivity index (χ1n) is 9.10. The molecule has 6 nitrogen and oxygen atoms in total. The van der Waals surface area contributed by atoms with Gasteiger partial charge in [-0.1, -0.05) is 51.1 Å². The van der Waals surface area contributed by atoms with Crippen LogP contribution in [0.1, 0.15) is 45.2 Å². The Morgan fingerprint density at radius 1 is 1.12 bits per heavy atom. The van der Waals surface area contributed by atoms with Crippen LogP contribution in [-0.4, -0.2) is 45.3 Å². The van der Waals surface area contributed by atoms with Crippen LogP contribution in [0.15, 0.2) is 30.3 Å². The first kappa shape index (κ1) is 22.1. The Labute approximate surface area is 156 Å². The molecule has 0 saturated carbocycles. The predicted molar refractivity (Wildman–Crippen MR) is 102 cm³/mol. The van der Waals surface area contributed by atoms with Gasteiger partial charge in [0.25, 0.3) is 0 Å². The minimum Gasteiger partial charge on any atom is -0.382 e. The van der Waals surface area contributed by atoms with Crippen LogP contribution in [0.2, 0.25) is 0 Å². The van der Waals surface area contributed by atoms with Gasteiger partial charge in [-0.2, -0.15) is 0 Å². The summed E-state index contributed by atoms with van der Waals surface area (Å²) in [6, 6.07) is 9.21. The van der Waals surface area contributed by atoms with E-state index in [1.54, 1.807) is 7.11 Å². The zero-order valence-corrected chi connectivity index (χ0v) is 16.3. The summed E-state index contributed by atoms with van der Waals surface area (Å²) in [4.78, 5) is 24.8. The largest absolute Gasteiger partial charge is 0.382 e. The third-order valence-electron chi connectivity index (χ3n) is 4.40. The van der Waals surface area contributed by atoms with Gasteiger partial charge in [0.2, 0.25) is 11.8 Å². The lowest BCUT2D eigenvalue weighted by molar-refractivity contribution is -0.130. The molecule has 0 spiro atoms. The average molecular weight is 364 g/mol. The van der Waals surface area contributed by atoms with E-state index in [2.05, 4.69) is 10.6 Å². The van der Waals surface area contributed by atoms with Crippen LogP contribution < -0.4 is 10.6 Å². The highest BCUT2D eigenvalue weighted by atomic mass is 16.5. The van der Waals surface area contributed by atoms with Gasteiger partial charge in [0.1, 0.15) is 0 Å². The van der Waals surface area contributed by atoms with Crippen LogP contribution in [0, 0.1) is 5.41 Å². The molecule has 1 aromatic carbocycles. The lowest BCUT2D eigenvalue weighted by atomic mass is 9.88. The van der Waals surface area contributed by atoms with Gasteiger partial charge in [-0.25, -0.2) is 0 Å². The van der Waals surface area contributed by atoms with Gasteiger partial charge in [0.15, 0.2) is 0 Å². The monoisotopic (exact) mass is 364 g/mol. The summed E-state index contributed by atoms with van der Waals surface area (Å²) < 4.78 is 10.2. The molecule has 0 bridgehead atoms. The topological polar surface area (TPSA) is 76.7 Å². The van der Waals surface area contributed by atoms with Crippen molar-refractivity contribution in [3.8, 4) is 0 Å². The number of rotatable bonds is 12. The van der Waals surface area contributed by atoms with Crippen molar-refractivity contribution in [1.82, 2.24) is 10.6 Å². The molecule has 0 aliphatic carbocycles. The Morgan fingerprint density at radius 2 is 1.81 bits per heavy atom. The SMILES string of the molecule is CCC(C)(C)C(=O)N[C@@H](CC(=O)NCCOCCOC)c1ccccc1. The van der Waals surface area contributed by atoms with E-state index in [1.807, 2.05) is 51.1 Å². The minimum atomic E-state index is -0.474. The maximum atomic E-state index is 12.5. The van der Waals surface area contributed by atoms with E-state index in [0.717, 1.165) is 12.0 Å². The number of ether oxygens (including phenoxy) is 2. The van der Waals surface area contributed by atoms with E-state index in [9.17, 15) is 9.59 Å². The van der Waals surface area contributed by atoms with Gasteiger partial charge in [0.05, 0.1) is 32.3 Å². The maximum absolute atomic E-state index is 12.5. The first-order chi connectivity index (χ1) is 12.4.